The predicted octanol–water partition coefficient (Wildman–Crippen LogP) is 5.46. The van der Waals surface area contributed by atoms with Crippen molar-refractivity contribution >= 4 is 22.9 Å². The van der Waals surface area contributed by atoms with E-state index >= 15 is 0 Å². The summed E-state index contributed by atoms with van der Waals surface area (Å²) in [5.41, 5.74) is 3.37. The first kappa shape index (κ1) is 21.2. The summed E-state index contributed by atoms with van der Waals surface area (Å²) in [4.78, 5) is 17.8. The molecule has 2 aromatic carbocycles. The van der Waals surface area contributed by atoms with Gasteiger partial charge in [0.05, 0.1) is 36.0 Å². The van der Waals surface area contributed by atoms with E-state index in [1.165, 1.54) is 0 Å². The summed E-state index contributed by atoms with van der Waals surface area (Å²) in [6.45, 7) is 1.98. The number of rotatable bonds is 7. The molecule has 8 heteroatoms. The number of carbonyl (C=O) groups excluding carboxylic acids is 1. The number of hydrogen-bond donors (Lipinski definition) is 1. The van der Waals surface area contributed by atoms with Crippen molar-refractivity contribution in [1.29, 1.82) is 0 Å². The quantitative estimate of drug-likeness (QED) is 0.393. The van der Waals surface area contributed by atoms with Gasteiger partial charge in [0.15, 0.2) is 17.3 Å². The van der Waals surface area contributed by atoms with E-state index in [0.29, 0.717) is 23.0 Å². The summed E-state index contributed by atoms with van der Waals surface area (Å²) >= 11 is 1.60. The van der Waals surface area contributed by atoms with E-state index in [-0.39, 0.29) is 5.91 Å². The molecule has 7 nitrogen and oxygen atoms in total. The standard InChI is InChI=1S/C25H23N3O4S/c1-15-26-19(14-33-15)16-5-4-6-18(11-16)27-24(29)25(9-10-25)23-13-21(32-28-23)17-7-8-20(30-2)22(12-17)31-3/h4-8,11-14H,9-10H2,1-3H3,(H,27,29). The average molecular weight is 462 g/mol. The summed E-state index contributed by atoms with van der Waals surface area (Å²) in [5.74, 6) is 1.73. The van der Waals surface area contributed by atoms with Crippen molar-refractivity contribution < 1.29 is 18.8 Å². The molecule has 0 atom stereocenters. The van der Waals surface area contributed by atoms with Gasteiger partial charge in [-0.3, -0.25) is 4.79 Å². The van der Waals surface area contributed by atoms with Crippen LogP contribution >= 0.6 is 11.3 Å². The lowest BCUT2D eigenvalue weighted by atomic mass is 10.00. The molecule has 1 aliphatic rings. The van der Waals surface area contributed by atoms with Crippen molar-refractivity contribution in [3.05, 3.63) is 64.6 Å². The third kappa shape index (κ3) is 3.98. The molecule has 4 aromatic rings. The van der Waals surface area contributed by atoms with Crippen LogP contribution in [0.4, 0.5) is 5.69 Å². The van der Waals surface area contributed by atoms with Crippen molar-refractivity contribution in [1.82, 2.24) is 10.1 Å². The number of nitrogens with zero attached hydrogens (tertiary/aromatic N) is 2. The first-order chi connectivity index (χ1) is 16.0. The van der Waals surface area contributed by atoms with Crippen LogP contribution in [-0.2, 0) is 10.2 Å². The number of hydrogen-bond acceptors (Lipinski definition) is 7. The topological polar surface area (TPSA) is 86.5 Å². The molecule has 1 aliphatic carbocycles. The number of nitrogens with one attached hydrogen (secondary N) is 1. The van der Waals surface area contributed by atoms with Crippen LogP contribution in [0.5, 0.6) is 11.5 Å². The largest absolute Gasteiger partial charge is 0.493 e. The summed E-state index contributed by atoms with van der Waals surface area (Å²) in [7, 11) is 3.18. The fraction of sp³-hybridized carbons (Fsp3) is 0.240. The maximum Gasteiger partial charge on any atom is 0.236 e. The second kappa shape index (κ2) is 8.37. The SMILES string of the molecule is COc1ccc(-c2cc(C3(C(=O)Nc4cccc(-c5csc(C)n5)c4)CC3)no2)cc1OC. The summed E-state index contributed by atoms with van der Waals surface area (Å²) in [6, 6.07) is 15.1. The van der Waals surface area contributed by atoms with Gasteiger partial charge in [0.2, 0.25) is 5.91 Å². The minimum atomic E-state index is -0.675. The van der Waals surface area contributed by atoms with Gasteiger partial charge in [0.25, 0.3) is 0 Å². The van der Waals surface area contributed by atoms with E-state index in [1.54, 1.807) is 25.6 Å². The zero-order chi connectivity index (χ0) is 23.0. The highest BCUT2D eigenvalue weighted by Crippen LogP contribution is 2.49. The predicted molar refractivity (Wildman–Crippen MR) is 127 cm³/mol. The van der Waals surface area contributed by atoms with Gasteiger partial charge < -0.3 is 19.3 Å². The lowest BCUT2D eigenvalue weighted by Crippen LogP contribution is -2.28. The molecule has 33 heavy (non-hydrogen) atoms. The Kier molecular flexibility index (Phi) is 5.38. The molecule has 0 bridgehead atoms. The molecule has 0 unspecified atom stereocenters. The van der Waals surface area contributed by atoms with E-state index in [2.05, 4.69) is 15.5 Å². The second-order valence-electron chi connectivity index (χ2n) is 8.01. The Morgan fingerprint density at radius 2 is 1.88 bits per heavy atom. The second-order valence-corrected chi connectivity index (χ2v) is 9.08. The van der Waals surface area contributed by atoms with Crippen LogP contribution in [0.15, 0.2) is 58.4 Å². The highest BCUT2D eigenvalue weighted by Gasteiger charge is 2.53. The minimum absolute atomic E-state index is 0.0822. The van der Waals surface area contributed by atoms with Crippen LogP contribution in [0.2, 0.25) is 0 Å². The van der Waals surface area contributed by atoms with Gasteiger partial charge in [0, 0.05) is 28.3 Å². The Morgan fingerprint density at radius 1 is 1.06 bits per heavy atom. The average Bonchev–Trinajstić information content (AvgIpc) is 3.28. The smallest absolute Gasteiger partial charge is 0.236 e. The Hall–Kier alpha value is -3.65. The van der Waals surface area contributed by atoms with Crippen molar-refractivity contribution in [3.63, 3.8) is 0 Å². The number of ether oxygens (including phenoxy) is 2. The van der Waals surface area contributed by atoms with Crippen LogP contribution in [0.3, 0.4) is 0 Å². The molecular weight excluding hydrogens is 438 g/mol. The third-order valence-corrected chi connectivity index (χ3v) is 6.66. The maximum absolute atomic E-state index is 13.2. The van der Waals surface area contributed by atoms with Crippen molar-refractivity contribution in [2.24, 2.45) is 0 Å². The highest BCUT2D eigenvalue weighted by atomic mass is 32.1. The molecule has 1 fully saturated rings. The number of aryl methyl sites for hydroxylation is 1. The van der Waals surface area contributed by atoms with E-state index in [1.807, 2.05) is 60.8 Å². The van der Waals surface area contributed by atoms with Gasteiger partial charge >= 0.3 is 0 Å². The van der Waals surface area contributed by atoms with Gasteiger partial charge in [-0.25, -0.2) is 4.98 Å². The number of methoxy groups -OCH3 is 2. The summed E-state index contributed by atoms with van der Waals surface area (Å²) in [5, 5.41) is 10.3. The normalized spacial score (nSPS) is 14.0. The van der Waals surface area contributed by atoms with Gasteiger partial charge in [-0.05, 0) is 50.1 Å². The molecule has 0 aliphatic heterocycles. The van der Waals surface area contributed by atoms with E-state index in [0.717, 1.165) is 40.4 Å². The lowest BCUT2D eigenvalue weighted by molar-refractivity contribution is -0.118. The molecule has 0 radical (unpaired) electrons. The Labute approximate surface area is 195 Å². The molecule has 1 N–H and O–H groups in total. The molecular formula is C25H23N3O4S. The van der Waals surface area contributed by atoms with Gasteiger partial charge in [-0.15, -0.1) is 11.3 Å². The van der Waals surface area contributed by atoms with Crippen molar-refractivity contribution in [2.75, 3.05) is 19.5 Å². The van der Waals surface area contributed by atoms with Gasteiger partial charge in [0.1, 0.15) is 0 Å². The molecule has 5 rings (SSSR count). The fourth-order valence-corrected chi connectivity index (χ4v) is 4.48. The number of aromatic nitrogens is 2. The maximum atomic E-state index is 13.2. The molecule has 2 aromatic heterocycles. The minimum Gasteiger partial charge on any atom is -0.493 e. The highest BCUT2D eigenvalue weighted by molar-refractivity contribution is 7.09. The Balaban J connectivity index is 1.36. The first-order valence-corrected chi connectivity index (χ1v) is 11.4. The van der Waals surface area contributed by atoms with Crippen LogP contribution in [0, 0.1) is 6.92 Å². The van der Waals surface area contributed by atoms with E-state index in [4.69, 9.17) is 14.0 Å². The number of benzene rings is 2. The van der Waals surface area contributed by atoms with Crippen LogP contribution < -0.4 is 14.8 Å². The Bertz CT molecular complexity index is 1320. The molecule has 1 amide bonds. The third-order valence-electron chi connectivity index (χ3n) is 5.89. The van der Waals surface area contributed by atoms with Crippen molar-refractivity contribution in [3.8, 4) is 34.1 Å². The lowest BCUT2D eigenvalue weighted by Gasteiger charge is -2.13. The van der Waals surface area contributed by atoms with Gasteiger partial charge in [-0.1, -0.05) is 17.3 Å². The van der Waals surface area contributed by atoms with Crippen LogP contribution in [0.1, 0.15) is 23.5 Å². The summed E-state index contributed by atoms with van der Waals surface area (Å²) < 4.78 is 16.3. The van der Waals surface area contributed by atoms with Gasteiger partial charge in [-0.2, -0.15) is 0 Å². The number of thiazole rings is 1. The number of anilines is 1. The fourth-order valence-electron chi connectivity index (χ4n) is 3.85. The van der Waals surface area contributed by atoms with Crippen LogP contribution in [-0.4, -0.2) is 30.3 Å². The van der Waals surface area contributed by atoms with Crippen molar-refractivity contribution in [2.45, 2.75) is 25.2 Å². The number of amides is 1. The zero-order valence-electron chi connectivity index (χ0n) is 18.5. The van der Waals surface area contributed by atoms with Crippen LogP contribution in [0.25, 0.3) is 22.6 Å². The zero-order valence-corrected chi connectivity index (χ0v) is 19.4. The molecule has 1 saturated carbocycles. The molecule has 2 heterocycles. The Morgan fingerprint density at radius 3 is 2.58 bits per heavy atom. The summed E-state index contributed by atoms with van der Waals surface area (Å²) in [6.07, 6.45) is 1.45. The number of carbonyl (C=O) groups is 1. The molecule has 0 saturated heterocycles. The molecule has 0 spiro atoms. The first-order valence-electron chi connectivity index (χ1n) is 10.6. The molecule has 168 valence electrons. The van der Waals surface area contributed by atoms with E-state index < -0.39 is 5.41 Å². The monoisotopic (exact) mass is 461 g/mol. The van der Waals surface area contributed by atoms with E-state index in [9.17, 15) is 4.79 Å².